The predicted octanol–water partition coefficient (Wildman–Crippen LogP) is 3.31. The maximum Gasteiger partial charge on any atom is 0.410 e. The summed E-state index contributed by atoms with van der Waals surface area (Å²) in [6.07, 6.45) is 1.49. The lowest BCUT2D eigenvalue weighted by atomic mass is 9.98. The Labute approximate surface area is 134 Å². The average Bonchev–Trinajstić information content (AvgIpc) is 2.67. The van der Waals surface area contributed by atoms with E-state index in [4.69, 9.17) is 4.74 Å². The highest BCUT2D eigenvalue weighted by molar-refractivity contribution is 9.10. The summed E-state index contributed by atoms with van der Waals surface area (Å²) in [6.45, 7) is 10.4. The summed E-state index contributed by atoms with van der Waals surface area (Å²) in [6, 6.07) is 0.401. The molecule has 1 amide bonds. The van der Waals surface area contributed by atoms with Gasteiger partial charge < -0.3 is 9.64 Å². The van der Waals surface area contributed by atoms with E-state index in [1.807, 2.05) is 37.3 Å². The smallest absolute Gasteiger partial charge is 0.410 e. The third-order valence-electron chi connectivity index (χ3n) is 3.69. The van der Waals surface area contributed by atoms with Crippen molar-refractivity contribution < 1.29 is 9.53 Å². The molecule has 0 bridgehead atoms. The number of nitrogens with zero attached hydrogens (tertiary/aromatic N) is 4. The molecule has 1 aromatic heterocycles. The van der Waals surface area contributed by atoms with E-state index in [0.717, 1.165) is 23.1 Å². The summed E-state index contributed by atoms with van der Waals surface area (Å²) in [4.78, 5) is 14.0. The van der Waals surface area contributed by atoms with Crippen molar-refractivity contribution in [3.05, 3.63) is 10.3 Å². The first-order valence-corrected chi connectivity index (χ1v) is 8.05. The van der Waals surface area contributed by atoms with Gasteiger partial charge in [0.15, 0.2) is 4.60 Å². The van der Waals surface area contributed by atoms with E-state index in [1.54, 1.807) is 0 Å². The molecule has 0 N–H and O–H groups in total. The average molecular weight is 359 g/mol. The molecule has 118 valence electrons. The van der Waals surface area contributed by atoms with Gasteiger partial charge in [-0.05, 0) is 63.4 Å². The molecule has 1 aliphatic heterocycles. The number of ether oxygens (including phenoxy) is 1. The van der Waals surface area contributed by atoms with Gasteiger partial charge in [-0.15, -0.1) is 5.10 Å². The SMILES string of the molecule is Cc1c(Br)nnn1C1CCN(C(=O)OC(C)(C)C)C(C)C1. The van der Waals surface area contributed by atoms with E-state index in [0.29, 0.717) is 6.54 Å². The van der Waals surface area contributed by atoms with Gasteiger partial charge in [0.05, 0.1) is 11.7 Å². The first kappa shape index (κ1) is 16.3. The molecule has 2 unspecified atom stereocenters. The maximum absolute atomic E-state index is 12.2. The molecule has 1 fully saturated rings. The molecule has 1 aromatic rings. The molecule has 2 atom stereocenters. The zero-order valence-corrected chi connectivity index (χ0v) is 14.8. The number of hydrogen-bond acceptors (Lipinski definition) is 4. The fourth-order valence-electron chi connectivity index (χ4n) is 2.63. The van der Waals surface area contributed by atoms with Crippen LogP contribution in [0, 0.1) is 6.92 Å². The first-order chi connectivity index (χ1) is 9.69. The Morgan fingerprint density at radius 1 is 1.43 bits per heavy atom. The van der Waals surface area contributed by atoms with Crippen LogP contribution in [0.2, 0.25) is 0 Å². The summed E-state index contributed by atoms with van der Waals surface area (Å²) in [5, 5.41) is 8.23. The monoisotopic (exact) mass is 358 g/mol. The van der Waals surface area contributed by atoms with Crippen LogP contribution in [-0.4, -0.2) is 44.2 Å². The number of rotatable bonds is 1. The third-order valence-corrected chi connectivity index (χ3v) is 4.43. The molecule has 2 rings (SSSR count). The van der Waals surface area contributed by atoms with Gasteiger partial charge in [0, 0.05) is 12.6 Å². The second kappa shape index (κ2) is 5.94. The summed E-state index contributed by atoms with van der Waals surface area (Å²) in [5.41, 5.74) is 0.569. The van der Waals surface area contributed by atoms with Crippen molar-refractivity contribution in [1.82, 2.24) is 19.9 Å². The third kappa shape index (κ3) is 3.75. The highest BCUT2D eigenvalue weighted by atomic mass is 79.9. The Bertz CT molecular complexity index is 524. The Balaban J connectivity index is 2.02. The number of amides is 1. The van der Waals surface area contributed by atoms with Crippen LogP contribution < -0.4 is 0 Å². The lowest BCUT2D eigenvalue weighted by molar-refractivity contribution is 0.00715. The summed E-state index contributed by atoms with van der Waals surface area (Å²) >= 11 is 3.39. The van der Waals surface area contributed by atoms with Gasteiger partial charge in [-0.1, -0.05) is 5.21 Å². The summed E-state index contributed by atoms with van der Waals surface area (Å²) in [7, 11) is 0. The van der Waals surface area contributed by atoms with Crippen LogP contribution in [0.3, 0.4) is 0 Å². The van der Waals surface area contributed by atoms with Crippen LogP contribution >= 0.6 is 15.9 Å². The molecule has 1 aliphatic rings. The van der Waals surface area contributed by atoms with Crippen molar-refractivity contribution in [2.45, 2.75) is 65.1 Å². The Kier molecular flexibility index (Phi) is 4.60. The Morgan fingerprint density at radius 2 is 2.10 bits per heavy atom. The molecule has 2 heterocycles. The topological polar surface area (TPSA) is 60.2 Å². The van der Waals surface area contributed by atoms with Crippen molar-refractivity contribution in [1.29, 1.82) is 0 Å². The molecular weight excluding hydrogens is 336 g/mol. The van der Waals surface area contributed by atoms with Gasteiger partial charge in [0.25, 0.3) is 0 Å². The number of hydrogen-bond donors (Lipinski definition) is 0. The molecule has 7 heteroatoms. The molecule has 0 spiro atoms. The predicted molar refractivity (Wildman–Crippen MR) is 83.1 cm³/mol. The van der Waals surface area contributed by atoms with E-state index in [2.05, 4.69) is 33.2 Å². The van der Waals surface area contributed by atoms with E-state index in [9.17, 15) is 4.79 Å². The van der Waals surface area contributed by atoms with Crippen LogP contribution in [0.4, 0.5) is 4.79 Å². The van der Waals surface area contributed by atoms with Crippen molar-refractivity contribution >= 4 is 22.0 Å². The van der Waals surface area contributed by atoms with Gasteiger partial charge in [0.1, 0.15) is 5.60 Å². The van der Waals surface area contributed by atoms with Crippen molar-refractivity contribution in [3.63, 3.8) is 0 Å². The molecule has 6 nitrogen and oxygen atoms in total. The van der Waals surface area contributed by atoms with Crippen LogP contribution in [0.5, 0.6) is 0 Å². The minimum atomic E-state index is -0.457. The Morgan fingerprint density at radius 3 is 2.57 bits per heavy atom. The summed E-state index contributed by atoms with van der Waals surface area (Å²) < 4.78 is 8.19. The Hall–Kier alpha value is -1.11. The van der Waals surface area contributed by atoms with Crippen molar-refractivity contribution in [3.8, 4) is 0 Å². The minimum absolute atomic E-state index is 0.126. The second-order valence-corrected chi connectivity index (χ2v) is 7.36. The molecule has 1 saturated heterocycles. The van der Waals surface area contributed by atoms with E-state index in [-0.39, 0.29) is 18.2 Å². The molecular formula is C14H23BrN4O2. The van der Waals surface area contributed by atoms with Gasteiger partial charge in [0.2, 0.25) is 0 Å². The fourth-order valence-corrected chi connectivity index (χ4v) is 2.88. The van der Waals surface area contributed by atoms with E-state index >= 15 is 0 Å². The largest absolute Gasteiger partial charge is 0.444 e. The summed E-state index contributed by atoms with van der Waals surface area (Å²) in [5.74, 6) is 0. The fraction of sp³-hybridized carbons (Fsp3) is 0.786. The second-order valence-electron chi connectivity index (χ2n) is 6.61. The number of piperidine rings is 1. The first-order valence-electron chi connectivity index (χ1n) is 7.26. The molecule has 0 aromatic carbocycles. The highest BCUT2D eigenvalue weighted by Gasteiger charge is 2.33. The van der Waals surface area contributed by atoms with Crippen molar-refractivity contribution in [2.75, 3.05) is 6.54 Å². The highest BCUT2D eigenvalue weighted by Crippen LogP contribution is 2.29. The standard InChI is InChI=1S/C14H23BrN4O2/c1-9-8-11(19-10(2)12(15)16-17-19)6-7-18(9)13(20)21-14(3,4)5/h9,11H,6-8H2,1-5H3. The molecule has 21 heavy (non-hydrogen) atoms. The van der Waals surface area contributed by atoms with Gasteiger partial charge in [-0.2, -0.15) is 0 Å². The van der Waals surface area contributed by atoms with Gasteiger partial charge >= 0.3 is 6.09 Å². The van der Waals surface area contributed by atoms with Crippen molar-refractivity contribution in [2.24, 2.45) is 0 Å². The molecule has 0 radical (unpaired) electrons. The number of halogens is 1. The number of likely N-dealkylation sites (tertiary alicyclic amines) is 1. The lowest BCUT2D eigenvalue weighted by Crippen LogP contribution is -2.47. The maximum atomic E-state index is 12.2. The van der Waals surface area contributed by atoms with Crippen LogP contribution in [0.1, 0.15) is 52.3 Å². The molecule has 0 saturated carbocycles. The molecule has 0 aliphatic carbocycles. The normalized spacial score (nSPS) is 23.2. The van der Waals surface area contributed by atoms with E-state index in [1.165, 1.54) is 0 Å². The number of carbonyl (C=O) groups is 1. The quantitative estimate of drug-likeness (QED) is 0.772. The lowest BCUT2D eigenvalue weighted by Gasteiger charge is -2.38. The van der Waals surface area contributed by atoms with Crippen LogP contribution in [-0.2, 0) is 4.74 Å². The number of aromatic nitrogens is 3. The minimum Gasteiger partial charge on any atom is -0.444 e. The number of carbonyl (C=O) groups excluding carboxylic acids is 1. The van der Waals surface area contributed by atoms with Gasteiger partial charge in [-0.25, -0.2) is 9.48 Å². The zero-order valence-electron chi connectivity index (χ0n) is 13.3. The van der Waals surface area contributed by atoms with Crippen LogP contribution in [0.25, 0.3) is 0 Å². The van der Waals surface area contributed by atoms with E-state index < -0.39 is 5.60 Å². The van der Waals surface area contributed by atoms with Gasteiger partial charge in [-0.3, -0.25) is 0 Å². The van der Waals surface area contributed by atoms with Crippen LogP contribution in [0.15, 0.2) is 4.60 Å². The zero-order chi connectivity index (χ0) is 15.8.